The van der Waals surface area contributed by atoms with Gasteiger partial charge in [-0.1, -0.05) is 0 Å². The smallest absolute Gasteiger partial charge is 0.335 e. The maximum absolute atomic E-state index is 10.3. The van der Waals surface area contributed by atoms with Crippen molar-refractivity contribution in [2.75, 3.05) is 5.84 Å². The summed E-state index contributed by atoms with van der Waals surface area (Å²) in [5, 5.41) is 0. The Labute approximate surface area is 57.7 Å². The van der Waals surface area contributed by atoms with Gasteiger partial charge in [0.1, 0.15) is 0 Å². The van der Waals surface area contributed by atoms with Crippen LogP contribution in [-0.2, 0) is 0 Å². The molecule has 50 valence electrons. The molecule has 9 heavy (non-hydrogen) atoms. The van der Waals surface area contributed by atoms with Crippen molar-refractivity contribution in [2.24, 2.45) is 0 Å². The molecular formula is C4H6ClN3O. The molecular weight excluding hydrogens is 142 g/mol. The van der Waals surface area contributed by atoms with E-state index in [9.17, 15) is 4.79 Å². The maximum Gasteiger partial charge on any atom is 0.365 e. The van der Waals surface area contributed by atoms with E-state index in [1.807, 2.05) is 0 Å². The molecule has 0 unspecified atom stereocenters. The third-order valence-electron chi connectivity index (χ3n) is 0.739. The van der Waals surface area contributed by atoms with E-state index in [4.69, 9.17) is 5.84 Å². The molecule has 1 rings (SSSR count). The molecule has 1 aromatic rings. The molecule has 0 amide bonds. The van der Waals surface area contributed by atoms with Crippen LogP contribution in [0.1, 0.15) is 0 Å². The number of hydrogen-bond donors (Lipinski definition) is 1. The summed E-state index contributed by atoms with van der Waals surface area (Å²) >= 11 is 0. The summed E-state index contributed by atoms with van der Waals surface area (Å²) in [5.74, 6) is 5.06. The molecule has 0 bridgehead atoms. The zero-order valence-corrected chi connectivity index (χ0v) is 5.34. The van der Waals surface area contributed by atoms with Gasteiger partial charge in [-0.15, -0.1) is 12.4 Å². The number of halogens is 1. The van der Waals surface area contributed by atoms with Crippen molar-refractivity contribution in [2.45, 2.75) is 0 Å². The lowest BCUT2D eigenvalue weighted by Crippen LogP contribution is -2.27. The number of nitrogens with two attached hydrogens (primary N) is 1. The molecule has 0 aliphatic heterocycles. The summed E-state index contributed by atoms with van der Waals surface area (Å²) in [6, 6.07) is 1.58. The summed E-state index contributed by atoms with van der Waals surface area (Å²) in [4.78, 5) is 13.7. The second-order valence-electron chi connectivity index (χ2n) is 1.31. The first kappa shape index (κ1) is 7.97. The van der Waals surface area contributed by atoms with Gasteiger partial charge >= 0.3 is 5.69 Å². The molecule has 4 nitrogen and oxygen atoms in total. The molecule has 0 fully saturated rings. The molecule has 0 aliphatic carbocycles. The standard InChI is InChI=1S/C4H5N3O.ClH/c5-7-3-1-2-6-4(7)8;/h1-3H,5H2;1H. The van der Waals surface area contributed by atoms with Crippen LogP contribution in [0, 0.1) is 0 Å². The van der Waals surface area contributed by atoms with E-state index in [1.165, 1.54) is 12.4 Å². The van der Waals surface area contributed by atoms with Crippen LogP contribution in [0.3, 0.4) is 0 Å². The van der Waals surface area contributed by atoms with Crippen molar-refractivity contribution in [3.05, 3.63) is 28.9 Å². The predicted molar refractivity (Wildman–Crippen MR) is 35.9 cm³/mol. The molecule has 0 aliphatic rings. The molecule has 2 N–H and O–H groups in total. The number of nitrogen functional groups attached to an aromatic ring is 1. The lowest BCUT2D eigenvalue weighted by Gasteiger charge is -1.88. The predicted octanol–water partition coefficient (Wildman–Crippen LogP) is -0.621. The molecule has 0 aromatic carbocycles. The summed E-state index contributed by atoms with van der Waals surface area (Å²) < 4.78 is 0.917. The van der Waals surface area contributed by atoms with Crippen LogP contribution in [0.5, 0.6) is 0 Å². The fourth-order valence-corrected chi connectivity index (χ4v) is 0.368. The van der Waals surface area contributed by atoms with Gasteiger partial charge in [0.25, 0.3) is 0 Å². The summed E-state index contributed by atoms with van der Waals surface area (Å²) in [5.41, 5.74) is -0.437. The fourth-order valence-electron chi connectivity index (χ4n) is 0.368. The van der Waals surface area contributed by atoms with E-state index in [0.29, 0.717) is 0 Å². The molecule has 5 heteroatoms. The Balaban J connectivity index is 0.000000640. The zero-order valence-electron chi connectivity index (χ0n) is 4.52. The van der Waals surface area contributed by atoms with Gasteiger partial charge < -0.3 is 5.84 Å². The Morgan fingerprint density at radius 1 is 1.67 bits per heavy atom. The minimum Gasteiger partial charge on any atom is -0.335 e. The Morgan fingerprint density at radius 3 is 2.67 bits per heavy atom. The quantitative estimate of drug-likeness (QED) is 0.498. The lowest BCUT2D eigenvalue weighted by atomic mass is 10.7. The summed E-state index contributed by atoms with van der Waals surface area (Å²) in [6.07, 6.45) is 2.83. The van der Waals surface area contributed by atoms with Gasteiger partial charge in [0.2, 0.25) is 0 Å². The van der Waals surface area contributed by atoms with E-state index in [2.05, 4.69) is 4.98 Å². The van der Waals surface area contributed by atoms with Gasteiger partial charge in [0.15, 0.2) is 0 Å². The second-order valence-corrected chi connectivity index (χ2v) is 1.31. The SMILES string of the molecule is Cl.Nn1cccnc1=O. The number of nitrogens with zero attached hydrogens (tertiary/aromatic N) is 2. The monoisotopic (exact) mass is 147 g/mol. The molecule has 0 saturated heterocycles. The highest BCUT2D eigenvalue weighted by Crippen LogP contribution is 1.65. The van der Waals surface area contributed by atoms with Crippen molar-refractivity contribution in [3.8, 4) is 0 Å². The van der Waals surface area contributed by atoms with Crippen molar-refractivity contribution in [1.82, 2.24) is 9.66 Å². The first-order chi connectivity index (χ1) is 3.80. The fraction of sp³-hybridized carbons (Fsp3) is 0. The van der Waals surface area contributed by atoms with Crippen LogP contribution < -0.4 is 11.5 Å². The highest BCUT2D eigenvalue weighted by atomic mass is 35.5. The number of aromatic nitrogens is 2. The average Bonchev–Trinajstić information content (AvgIpc) is 1.77. The van der Waals surface area contributed by atoms with Crippen molar-refractivity contribution < 1.29 is 0 Å². The van der Waals surface area contributed by atoms with Crippen LogP contribution in [0.15, 0.2) is 23.3 Å². The Hall–Kier alpha value is -1.03. The Bertz CT molecular complexity index is 233. The van der Waals surface area contributed by atoms with Gasteiger partial charge in [-0.3, -0.25) is 0 Å². The minimum atomic E-state index is -0.437. The normalized spacial score (nSPS) is 8.00. The summed E-state index contributed by atoms with van der Waals surface area (Å²) in [7, 11) is 0. The lowest BCUT2D eigenvalue weighted by molar-refractivity contribution is 0.871. The van der Waals surface area contributed by atoms with Gasteiger partial charge in [-0.25, -0.2) is 14.5 Å². The molecule has 1 aromatic heterocycles. The second kappa shape index (κ2) is 3.09. The topological polar surface area (TPSA) is 60.9 Å². The van der Waals surface area contributed by atoms with Crippen LogP contribution >= 0.6 is 12.4 Å². The van der Waals surface area contributed by atoms with Gasteiger partial charge in [0.05, 0.1) is 0 Å². The number of hydrogen-bond acceptors (Lipinski definition) is 3. The van der Waals surface area contributed by atoms with E-state index in [-0.39, 0.29) is 12.4 Å². The van der Waals surface area contributed by atoms with Crippen molar-refractivity contribution in [3.63, 3.8) is 0 Å². The Morgan fingerprint density at radius 2 is 2.33 bits per heavy atom. The van der Waals surface area contributed by atoms with Crippen molar-refractivity contribution in [1.29, 1.82) is 0 Å². The third-order valence-corrected chi connectivity index (χ3v) is 0.739. The molecule has 1 heterocycles. The van der Waals surface area contributed by atoms with E-state index >= 15 is 0 Å². The minimum absolute atomic E-state index is 0. The first-order valence-corrected chi connectivity index (χ1v) is 2.09. The van der Waals surface area contributed by atoms with Gasteiger partial charge in [0, 0.05) is 12.4 Å². The van der Waals surface area contributed by atoms with Gasteiger partial charge in [-0.2, -0.15) is 0 Å². The molecule has 0 radical (unpaired) electrons. The van der Waals surface area contributed by atoms with Crippen LogP contribution in [-0.4, -0.2) is 9.66 Å². The van der Waals surface area contributed by atoms with E-state index in [0.717, 1.165) is 4.68 Å². The first-order valence-electron chi connectivity index (χ1n) is 2.09. The molecule has 0 atom stereocenters. The van der Waals surface area contributed by atoms with E-state index < -0.39 is 5.69 Å². The largest absolute Gasteiger partial charge is 0.365 e. The number of rotatable bonds is 0. The van der Waals surface area contributed by atoms with Crippen LogP contribution in [0.25, 0.3) is 0 Å². The maximum atomic E-state index is 10.3. The van der Waals surface area contributed by atoms with Crippen LogP contribution in [0.2, 0.25) is 0 Å². The van der Waals surface area contributed by atoms with Crippen molar-refractivity contribution >= 4 is 12.4 Å². The average molecular weight is 148 g/mol. The highest BCUT2D eigenvalue weighted by Gasteiger charge is 1.81. The van der Waals surface area contributed by atoms with Gasteiger partial charge in [-0.05, 0) is 6.07 Å². The van der Waals surface area contributed by atoms with E-state index in [1.54, 1.807) is 6.07 Å². The molecule has 0 saturated carbocycles. The third kappa shape index (κ3) is 1.73. The molecule has 0 spiro atoms. The van der Waals surface area contributed by atoms with Crippen LogP contribution in [0.4, 0.5) is 0 Å². The highest BCUT2D eigenvalue weighted by molar-refractivity contribution is 5.85. The Kier molecular flexibility index (Phi) is 2.73. The summed E-state index contributed by atoms with van der Waals surface area (Å²) in [6.45, 7) is 0. The zero-order chi connectivity index (χ0) is 5.98.